The van der Waals surface area contributed by atoms with Crippen LogP contribution in [0, 0.1) is 0 Å². The minimum atomic E-state index is 0. The van der Waals surface area contributed by atoms with Crippen molar-refractivity contribution in [3.63, 3.8) is 0 Å². The van der Waals surface area contributed by atoms with Crippen LogP contribution in [0.1, 0.15) is 13.8 Å². The van der Waals surface area contributed by atoms with Gasteiger partial charge in [-0.15, -0.1) is 0 Å². The van der Waals surface area contributed by atoms with Crippen LogP contribution in [0.4, 0.5) is 0 Å². The van der Waals surface area contributed by atoms with E-state index < -0.39 is 0 Å². The number of rotatable bonds is 2. The van der Waals surface area contributed by atoms with E-state index in [1.54, 1.807) is 0 Å². The van der Waals surface area contributed by atoms with E-state index >= 15 is 0 Å². The van der Waals surface area contributed by atoms with Gasteiger partial charge in [-0.2, -0.15) is 11.8 Å². The zero-order valence-corrected chi connectivity index (χ0v) is 5.88. The quantitative estimate of drug-likeness (QED) is 0.545. The second kappa shape index (κ2) is 9.30. The van der Waals surface area contributed by atoms with Gasteiger partial charge in [-0.05, 0) is 11.5 Å². The molecule has 0 N–H and O–H groups in total. The second-order valence-electron chi connectivity index (χ2n) is 0.781. The summed E-state index contributed by atoms with van der Waals surface area (Å²) in [5.41, 5.74) is 0. The summed E-state index contributed by atoms with van der Waals surface area (Å²) >= 11 is 1.96. The zero-order chi connectivity index (χ0) is 4.12. The smallest absolute Gasteiger partial charge is 0 e. The van der Waals surface area contributed by atoms with Crippen molar-refractivity contribution in [1.29, 1.82) is 0 Å². The van der Waals surface area contributed by atoms with Gasteiger partial charge >= 0.3 is 0 Å². The molecule has 2 heteroatoms. The molecule has 0 fully saturated rings. The topological polar surface area (TPSA) is 0 Å². The van der Waals surface area contributed by atoms with Gasteiger partial charge in [0.2, 0.25) is 0 Å². The molecule has 0 spiro atoms. The van der Waals surface area contributed by atoms with Crippen LogP contribution in [0.15, 0.2) is 0 Å². The third kappa shape index (κ3) is 8.85. The van der Waals surface area contributed by atoms with Crippen LogP contribution < -0.4 is 0 Å². The van der Waals surface area contributed by atoms with E-state index in [0.29, 0.717) is 0 Å². The normalized spacial score (nSPS) is 7.00. The molecule has 0 saturated heterocycles. The first kappa shape index (κ1) is 9.98. The average molecular weight is 154 g/mol. The van der Waals surface area contributed by atoms with E-state index in [0.717, 1.165) is 0 Å². The van der Waals surface area contributed by atoms with Crippen LogP contribution in [-0.2, 0) is 17.1 Å². The van der Waals surface area contributed by atoms with Crippen LogP contribution in [0.3, 0.4) is 0 Å². The van der Waals surface area contributed by atoms with Gasteiger partial charge in [-0.1, -0.05) is 13.8 Å². The minimum Gasteiger partial charge on any atom is -0.163 e. The Morgan fingerprint density at radius 2 is 1.50 bits per heavy atom. The Morgan fingerprint density at radius 3 is 1.50 bits per heavy atom. The summed E-state index contributed by atoms with van der Waals surface area (Å²) in [5.74, 6) is 2.52. The molecular weight excluding hydrogens is 144 g/mol. The molecule has 0 amide bonds. The Hall–Kier alpha value is 0.869. The maximum atomic E-state index is 2.17. The fraction of sp³-hybridized carbons (Fsp3) is 1.00. The molecule has 0 unspecified atom stereocenters. The van der Waals surface area contributed by atoms with Crippen LogP contribution in [0.25, 0.3) is 0 Å². The maximum absolute atomic E-state index is 2.17. The summed E-state index contributed by atoms with van der Waals surface area (Å²) in [5, 5.41) is 0. The van der Waals surface area contributed by atoms with Crippen molar-refractivity contribution in [2.75, 3.05) is 11.5 Å². The molecule has 0 bridgehead atoms. The molecule has 0 nitrogen and oxygen atoms in total. The van der Waals surface area contributed by atoms with Gasteiger partial charge in [0.15, 0.2) is 0 Å². The molecule has 0 rings (SSSR count). The predicted molar refractivity (Wildman–Crippen MR) is 28.7 cm³/mol. The summed E-state index contributed by atoms with van der Waals surface area (Å²) in [6.45, 7) is 4.35. The fourth-order valence-corrected chi connectivity index (χ4v) is 0.612. The number of hydrogen-bond donors (Lipinski definition) is 0. The predicted octanol–water partition coefficient (Wildman–Crippen LogP) is 1.76. The van der Waals surface area contributed by atoms with Crippen LogP contribution >= 0.6 is 11.8 Å². The van der Waals surface area contributed by atoms with Crippen molar-refractivity contribution in [3.05, 3.63) is 0 Å². The van der Waals surface area contributed by atoms with E-state index in [-0.39, 0.29) is 17.1 Å². The van der Waals surface area contributed by atoms with Crippen LogP contribution in [0.2, 0.25) is 0 Å². The van der Waals surface area contributed by atoms with Gasteiger partial charge in [-0.25, -0.2) is 0 Å². The monoisotopic (exact) mass is 153 g/mol. The Morgan fingerprint density at radius 1 is 1.17 bits per heavy atom. The molecule has 0 atom stereocenters. The third-order valence-corrected chi connectivity index (χ3v) is 1.22. The first-order chi connectivity index (χ1) is 2.41. The Balaban J connectivity index is 0. The van der Waals surface area contributed by atoms with Crippen molar-refractivity contribution < 1.29 is 17.1 Å². The van der Waals surface area contributed by atoms with Crippen LogP contribution in [-0.4, -0.2) is 11.5 Å². The van der Waals surface area contributed by atoms with Gasteiger partial charge < -0.3 is 0 Å². The molecule has 43 valence electrons. The molecule has 0 aromatic heterocycles. The molecule has 0 aliphatic heterocycles. The molecule has 1 radical (unpaired) electrons. The summed E-state index contributed by atoms with van der Waals surface area (Å²) in [4.78, 5) is 0. The van der Waals surface area contributed by atoms with E-state index in [1.807, 2.05) is 11.8 Å². The van der Waals surface area contributed by atoms with E-state index in [4.69, 9.17) is 0 Å². The SMILES string of the molecule is CCSCC.[Cu]. The third-order valence-electron chi connectivity index (χ3n) is 0.408. The molecular formula is C4H10CuS. The molecule has 0 aliphatic carbocycles. The number of hydrogen-bond acceptors (Lipinski definition) is 1. The van der Waals surface area contributed by atoms with E-state index in [1.165, 1.54) is 11.5 Å². The Bertz CT molecular complexity index is 15.0. The first-order valence-electron chi connectivity index (χ1n) is 1.99. The molecule has 0 heterocycles. The molecule has 6 heavy (non-hydrogen) atoms. The molecule has 0 saturated carbocycles. The maximum Gasteiger partial charge on any atom is 0 e. The molecule has 0 aromatic rings. The second-order valence-corrected chi connectivity index (χ2v) is 2.34. The first-order valence-corrected chi connectivity index (χ1v) is 3.15. The summed E-state index contributed by atoms with van der Waals surface area (Å²) < 4.78 is 0. The summed E-state index contributed by atoms with van der Waals surface area (Å²) in [6, 6.07) is 0. The van der Waals surface area contributed by atoms with Gasteiger partial charge in [-0.3, -0.25) is 0 Å². The number of thioether (sulfide) groups is 1. The fourth-order valence-electron chi connectivity index (χ4n) is 0.204. The van der Waals surface area contributed by atoms with E-state index in [9.17, 15) is 0 Å². The minimum absolute atomic E-state index is 0. The van der Waals surface area contributed by atoms with E-state index in [2.05, 4.69) is 13.8 Å². The average Bonchev–Trinajstić information content (AvgIpc) is 1.41. The van der Waals surface area contributed by atoms with Crippen molar-refractivity contribution in [1.82, 2.24) is 0 Å². The standard InChI is InChI=1S/C4H10S.Cu/c1-3-5-4-2;/h3-4H2,1-2H3;. The molecule has 0 aromatic carbocycles. The largest absolute Gasteiger partial charge is 0.163 e. The summed E-state index contributed by atoms with van der Waals surface area (Å²) in [7, 11) is 0. The van der Waals surface area contributed by atoms with Crippen LogP contribution in [0.5, 0.6) is 0 Å². The zero-order valence-electron chi connectivity index (χ0n) is 4.12. The van der Waals surface area contributed by atoms with Gasteiger partial charge in [0.25, 0.3) is 0 Å². The Kier molecular flexibility index (Phi) is 15.5. The van der Waals surface area contributed by atoms with Crippen molar-refractivity contribution in [3.8, 4) is 0 Å². The van der Waals surface area contributed by atoms with Crippen molar-refractivity contribution in [2.24, 2.45) is 0 Å². The van der Waals surface area contributed by atoms with Gasteiger partial charge in [0.05, 0.1) is 0 Å². The van der Waals surface area contributed by atoms with Crippen molar-refractivity contribution in [2.45, 2.75) is 13.8 Å². The van der Waals surface area contributed by atoms with Crippen molar-refractivity contribution >= 4 is 11.8 Å². The Labute approximate surface area is 54.6 Å². The van der Waals surface area contributed by atoms with Gasteiger partial charge in [0, 0.05) is 17.1 Å². The molecule has 0 aliphatic rings. The van der Waals surface area contributed by atoms with Gasteiger partial charge in [0.1, 0.15) is 0 Å². The summed E-state index contributed by atoms with van der Waals surface area (Å²) in [6.07, 6.45) is 0.